The lowest BCUT2D eigenvalue weighted by Crippen LogP contribution is -2.33. The maximum atomic E-state index is 13.4. The Morgan fingerprint density at radius 1 is 1.25 bits per heavy atom. The summed E-state index contributed by atoms with van der Waals surface area (Å²) in [4.78, 5) is 6.54. The highest BCUT2D eigenvalue weighted by Crippen LogP contribution is 2.21. The van der Waals surface area contributed by atoms with E-state index in [2.05, 4.69) is 16.8 Å². The van der Waals surface area contributed by atoms with Crippen LogP contribution in [0.4, 0.5) is 4.39 Å². The van der Waals surface area contributed by atoms with Gasteiger partial charge in [0.2, 0.25) is 0 Å². The van der Waals surface area contributed by atoms with Gasteiger partial charge in [0.1, 0.15) is 5.82 Å². The number of pyridine rings is 1. The first-order chi connectivity index (χ1) is 9.74. The largest absolute Gasteiger partial charge is 0.329 e. The van der Waals surface area contributed by atoms with Crippen LogP contribution in [0.15, 0.2) is 48.7 Å². The maximum absolute atomic E-state index is 13.4. The Kier molecular flexibility index (Phi) is 5.21. The standard InChI is InChI=1S/C16H20FN3/c1-2-20(12-15-8-3-4-9-19-15)16(11-18)13-6-5-7-14(17)10-13/h3-10,16H,2,11-12,18H2,1H3. The van der Waals surface area contributed by atoms with Gasteiger partial charge in [-0.2, -0.15) is 0 Å². The minimum absolute atomic E-state index is 0.00212. The molecule has 0 bridgehead atoms. The van der Waals surface area contributed by atoms with Crippen molar-refractivity contribution >= 4 is 0 Å². The molecular formula is C16H20FN3. The number of nitrogens with zero attached hydrogens (tertiary/aromatic N) is 2. The van der Waals surface area contributed by atoms with Crippen molar-refractivity contribution in [2.24, 2.45) is 5.73 Å². The number of nitrogens with two attached hydrogens (primary N) is 1. The molecule has 0 aliphatic heterocycles. The third-order valence-electron chi connectivity index (χ3n) is 3.39. The summed E-state index contributed by atoms with van der Waals surface area (Å²) in [5.74, 6) is -0.227. The second-order valence-electron chi connectivity index (χ2n) is 4.69. The summed E-state index contributed by atoms with van der Waals surface area (Å²) >= 11 is 0. The molecule has 3 nitrogen and oxygen atoms in total. The van der Waals surface area contributed by atoms with Crippen molar-refractivity contribution in [3.05, 3.63) is 65.7 Å². The van der Waals surface area contributed by atoms with Gasteiger partial charge in [0, 0.05) is 25.3 Å². The highest BCUT2D eigenvalue weighted by Gasteiger charge is 2.18. The van der Waals surface area contributed by atoms with Crippen molar-refractivity contribution in [2.75, 3.05) is 13.1 Å². The fraction of sp³-hybridized carbons (Fsp3) is 0.312. The van der Waals surface area contributed by atoms with Crippen LogP contribution < -0.4 is 5.73 Å². The van der Waals surface area contributed by atoms with Gasteiger partial charge < -0.3 is 5.73 Å². The average molecular weight is 273 g/mol. The lowest BCUT2D eigenvalue weighted by Gasteiger charge is -2.30. The van der Waals surface area contributed by atoms with Gasteiger partial charge in [-0.1, -0.05) is 25.1 Å². The van der Waals surface area contributed by atoms with Crippen LogP contribution in [0.3, 0.4) is 0 Å². The number of halogens is 1. The van der Waals surface area contributed by atoms with E-state index in [-0.39, 0.29) is 11.9 Å². The Labute approximate surface area is 119 Å². The number of likely N-dealkylation sites (N-methyl/N-ethyl adjacent to an activating group) is 1. The molecule has 0 amide bonds. The van der Waals surface area contributed by atoms with Gasteiger partial charge in [-0.15, -0.1) is 0 Å². The van der Waals surface area contributed by atoms with Crippen molar-refractivity contribution in [1.82, 2.24) is 9.88 Å². The van der Waals surface area contributed by atoms with Gasteiger partial charge in [0.25, 0.3) is 0 Å². The fourth-order valence-corrected chi connectivity index (χ4v) is 2.35. The van der Waals surface area contributed by atoms with E-state index < -0.39 is 0 Å². The summed E-state index contributed by atoms with van der Waals surface area (Å²) in [6.45, 7) is 4.06. The first-order valence-corrected chi connectivity index (χ1v) is 6.84. The molecule has 1 aromatic heterocycles. The third-order valence-corrected chi connectivity index (χ3v) is 3.39. The highest BCUT2D eigenvalue weighted by molar-refractivity contribution is 5.21. The van der Waals surface area contributed by atoms with Crippen molar-refractivity contribution in [3.8, 4) is 0 Å². The van der Waals surface area contributed by atoms with E-state index in [4.69, 9.17) is 5.73 Å². The number of benzene rings is 1. The lowest BCUT2D eigenvalue weighted by molar-refractivity contribution is 0.200. The fourth-order valence-electron chi connectivity index (χ4n) is 2.35. The second kappa shape index (κ2) is 7.12. The molecule has 106 valence electrons. The van der Waals surface area contributed by atoms with Crippen LogP contribution in [0.5, 0.6) is 0 Å². The van der Waals surface area contributed by atoms with Crippen LogP contribution in [0.25, 0.3) is 0 Å². The summed E-state index contributed by atoms with van der Waals surface area (Å²) in [5, 5.41) is 0. The van der Waals surface area contributed by atoms with Crippen molar-refractivity contribution in [2.45, 2.75) is 19.5 Å². The summed E-state index contributed by atoms with van der Waals surface area (Å²) in [6, 6.07) is 12.5. The molecule has 0 saturated heterocycles. The lowest BCUT2D eigenvalue weighted by atomic mass is 10.0. The first-order valence-electron chi connectivity index (χ1n) is 6.84. The molecule has 0 radical (unpaired) electrons. The van der Waals surface area contributed by atoms with E-state index in [1.807, 2.05) is 24.3 Å². The van der Waals surface area contributed by atoms with Crippen molar-refractivity contribution in [3.63, 3.8) is 0 Å². The Bertz CT molecular complexity index is 530. The topological polar surface area (TPSA) is 42.2 Å². The molecule has 2 aromatic rings. The average Bonchev–Trinajstić information content (AvgIpc) is 2.48. The van der Waals surface area contributed by atoms with Gasteiger partial charge in [-0.3, -0.25) is 9.88 Å². The number of aromatic nitrogens is 1. The van der Waals surface area contributed by atoms with Crippen LogP contribution in [-0.4, -0.2) is 23.0 Å². The van der Waals surface area contributed by atoms with Crippen molar-refractivity contribution in [1.29, 1.82) is 0 Å². The van der Waals surface area contributed by atoms with Crippen LogP contribution in [0.1, 0.15) is 24.2 Å². The predicted molar refractivity (Wildman–Crippen MR) is 78.5 cm³/mol. The van der Waals surface area contributed by atoms with Crippen LogP contribution in [-0.2, 0) is 6.54 Å². The second-order valence-corrected chi connectivity index (χ2v) is 4.69. The van der Waals surface area contributed by atoms with Gasteiger partial charge in [-0.25, -0.2) is 4.39 Å². The quantitative estimate of drug-likeness (QED) is 0.880. The zero-order chi connectivity index (χ0) is 14.4. The zero-order valence-corrected chi connectivity index (χ0v) is 11.7. The number of hydrogen-bond donors (Lipinski definition) is 1. The third kappa shape index (κ3) is 3.62. The summed E-state index contributed by atoms with van der Waals surface area (Å²) in [5.41, 5.74) is 7.80. The molecule has 0 saturated carbocycles. The number of hydrogen-bond acceptors (Lipinski definition) is 3. The summed E-state index contributed by atoms with van der Waals surface area (Å²) in [7, 11) is 0. The molecular weight excluding hydrogens is 253 g/mol. The summed E-state index contributed by atoms with van der Waals surface area (Å²) in [6.07, 6.45) is 1.78. The predicted octanol–water partition coefficient (Wildman–Crippen LogP) is 2.74. The molecule has 1 atom stereocenters. The van der Waals surface area contributed by atoms with E-state index in [1.54, 1.807) is 18.3 Å². The Hall–Kier alpha value is -1.78. The van der Waals surface area contributed by atoms with E-state index in [9.17, 15) is 4.39 Å². The van der Waals surface area contributed by atoms with E-state index in [1.165, 1.54) is 6.07 Å². The molecule has 2 N–H and O–H groups in total. The molecule has 0 aliphatic carbocycles. The van der Waals surface area contributed by atoms with Gasteiger partial charge in [-0.05, 0) is 36.4 Å². The number of rotatable bonds is 6. The van der Waals surface area contributed by atoms with Gasteiger partial charge in [0.15, 0.2) is 0 Å². The maximum Gasteiger partial charge on any atom is 0.123 e. The van der Waals surface area contributed by atoms with E-state index in [0.29, 0.717) is 13.1 Å². The Morgan fingerprint density at radius 2 is 2.10 bits per heavy atom. The first kappa shape index (κ1) is 14.6. The summed E-state index contributed by atoms with van der Waals surface area (Å²) < 4.78 is 13.4. The molecule has 1 heterocycles. The molecule has 0 spiro atoms. The van der Waals surface area contributed by atoms with Crippen LogP contribution in [0.2, 0.25) is 0 Å². The minimum Gasteiger partial charge on any atom is -0.329 e. The minimum atomic E-state index is -0.227. The Morgan fingerprint density at radius 3 is 2.70 bits per heavy atom. The highest BCUT2D eigenvalue weighted by atomic mass is 19.1. The van der Waals surface area contributed by atoms with Gasteiger partial charge in [0.05, 0.1) is 5.69 Å². The normalized spacial score (nSPS) is 12.6. The SMILES string of the molecule is CCN(Cc1ccccn1)C(CN)c1cccc(F)c1. The molecule has 2 rings (SSSR count). The van der Waals surface area contributed by atoms with Gasteiger partial charge >= 0.3 is 0 Å². The molecule has 20 heavy (non-hydrogen) atoms. The smallest absolute Gasteiger partial charge is 0.123 e. The molecule has 1 aromatic carbocycles. The molecule has 1 unspecified atom stereocenters. The van der Waals surface area contributed by atoms with Crippen molar-refractivity contribution < 1.29 is 4.39 Å². The molecule has 0 aliphatic rings. The van der Waals surface area contributed by atoms with Crippen LogP contribution in [0, 0.1) is 5.82 Å². The van der Waals surface area contributed by atoms with E-state index in [0.717, 1.165) is 17.8 Å². The Balaban J connectivity index is 2.19. The molecule has 0 fully saturated rings. The van der Waals surface area contributed by atoms with Crippen LogP contribution >= 0.6 is 0 Å². The van der Waals surface area contributed by atoms with E-state index >= 15 is 0 Å². The monoisotopic (exact) mass is 273 g/mol. The molecule has 4 heteroatoms. The zero-order valence-electron chi connectivity index (χ0n) is 11.7.